The summed E-state index contributed by atoms with van der Waals surface area (Å²) < 4.78 is 2.16. The van der Waals surface area contributed by atoms with Crippen molar-refractivity contribution in [1.29, 1.82) is 0 Å². The van der Waals surface area contributed by atoms with E-state index in [1.165, 1.54) is 5.69 Å². The van der Waals surface area contributed by atoms with Gasteiger partial charge in [-0.25, -0.2) is 9.97 Å². The molecule has 2 aromatic heterocycles. The number of rotatable bonds is 5. The Kier molecular flexibility index (Phi) is 3.47. The topological polar surface area (TPSA) is 42.7 Å². The third-order valence-electron chi connectivity index (χ3n) is 2.25. The lowest BCUT2D eigenvalue weighted by Gasteiger charge is -2.06. The van der Waals surface area contributed by atoms with E-state index in [1.54, 1.807) is 11.3 Å². The molecule has 0 spiro atoms. The minimum Gasteiger partial charge on any atom is -0.333 e. The second kappa shape index (κ2) is 5.04. The number of thiazole rings is 1. The molecule has 0 fully saturated rings. The summed E-state index contributed by atoms with van der Waals surface area (Å²) in [6, 6.07) is 0. The first-order chi connectivity index (χ1) is 7.40. The van der Waals surface area contributed by atoms with Gasteiger partial charge in [0.05, 0.1) is 23.2 Å². The average molecular weight is 222 g/mol. The maximum atomic E-state index is 4.26. The minimum absolute atomic E-state index is 0.858. The largest absolute Gasteiger partial charge is 0.333 e. The van der Waals surface area contributed by atoms with Crippen molar-refractivity contribution in [3.63, 3.8) is 0 Å². The van der Waals surface area contributed by atoms with Crippen LogP contribution in [-0.2, 0) is 19.5 Å². The highest BCUT2D eigenvalue weighted by Crippen LogP contribution is 2.05. The van der Waals surface area contributed by atoms with Crippen LogP contribution in [0.4, 0.5) is 0 Å². The third kappa shape index (κ3) is 2.64. The fraction of sp³-hybridized carbons (Fsp3) is 0.400. The van der Waals surface area contributed by atoms with Gasteiger partial charge in [0.2, 0.25) is 0 Å². The number of aryl methyl sites for hydroxylation is 2. The molecule has 0 aliphatic heterocycles. The van der Waals surface area contributed by atoms with Crippen molar-refractivity contribution in [3.05, 3.63) is 34.8 Å². The number of nitrogens with one attached hydrogen (secondary N) is 1. The molecule has 0 radical (unpaired) electrons. The lowest BCUT2D eigenvalue weighted by molar-refractivity contribution is 0.633. The Balaban J connectivity index is 1.95. The van der Waals surface area contributed by atoms with Crippen LogP contribution >= 0.6 is 11.3 Å². The lowest BCUT2D eigenvalue weighted by atomic mass is 10.3. The molecule has 4 nitrogen and oxygen atoms in total. The van der Waals surface area contributed by atoms with E-state index >= 15 is 0 Å². The maximum Gasteiger partial charge on any atom is 0.0948 e. The molecule has 2 aromatic rings. The molecule has 0 saturated heterocycles. The highest BCUT2D eigenvalue weighted by atomic mass is 32.1. The van der Waals surface area contributed by atoms with Gasteiger partial charge in [-0.05, 0) is 7.05 Å². The smallest absolute Gasteiger partial charge is 0.0948 e. The lowest BCUT2D eigenvalue weighted by Crippen LogP contribution is -2.11. The first kappa shape index (κ1) is 10.3. The van der Waals surface area contributed by atoms with Crippen LogP contribution in [0.1, 0.15) is 11.4 Å². The van der Waals surface area contributed by atoms with E-state index < -0.39 is 0 Å². The van der Waals surface area contributed by atoms with Gasteiger partial charge in [0, 0.05) is 31.1 Å². The Hall–Kier alpha value is -1.20. The van der Waals surface area contributed by atoms with Gasteiger partial charge in [0.15, 0.2) is 0 Å². The predicted octanol–water partition coefficient (Wildman–Crippen LogP) is 1.30. The van der Waals surface area contributed by atoms with E-state index in [9.17, 15) is 0 Å². The van der Waals surface area contributed by atoms with E-state index in [1.807, 2.05) is 25.1 Å². The van der Waals surface area contributed by atoms with Crippen molar-refractivity contribution >= 4 is 11.3 Å². The van der Waals surface area contributed by atoms with E-state index in [-0.39, 0.29) is 0 Å². The number of hydrogen-bond donors (Lipinski definition) is 1. The molecule has 0 unspecified atom stereocenters. The van der Waals surface area contributed by atoms with Crippen LogP contribution in [-0.4, -0.2) is 21.6 Å². The minimum atomic E-state index is 0.858. The highest BCUT2D eigenvalue weighted by molar-refractivity contribution is 7.07. The second-order valence-electron chi connectivity index (χ2n) is 3.34. The first-order valence-electron chi connectivity index (χ1n) is 4.91. The maximum absolute atomic E-state index is 4.26. The average Bonchev–Trinajstić information content (AvgIpc) is 2.85. The Morgan fingerprint density at radius 1 is 1.53 bits per heavy atom. The van der Waals surface area contributed by atoms with Gasteiger partial charge >= 0.3 is 0 Å². The molecule has 0 amide bonds. The quantitative estimate of drug-likeness (QED) is 0.829. The van der Waals surface area contributed by atoms with Crippen LogP contribution < -0.4 is 5.32 Å². The molecule has 0 bridgehead atoms. The van der Waals surface area contributed by atoms with Gasteiger partial charge < -0.3 is 9.88 Å². The van der Waals surface area contributed by atoms with Gasteiger partial charge in [-0.2, -0.15) is 0 Å². The monoisotopic (exact) mass is 222 g/mol. The van der Waals surface area contributed by atoms with Crippen LogP contribution in [0, 0.1) is 0 Å². The Morgan fingerprint density at radius 3 is 3.20 bits per heavy atom. The molecule has 15 heavy (non-hydrogen) atoms. The van der Waals surface area contributed by atoms with Crippen molar-refractivity contribution < 1.29 is 0 Å². The van der Waals surface area contributed by atoms with E-state index in [0.717, 1.165) is 25.2 Å². The van der Waals surface area contributed by atoms with Crippen molar-refractivity contribution in [1.82, 2.24) is 19.9 Å². The molecule has 2 rings (SSSR count). The Bertz CT molecular complexity index is 393. The summed E-state index contributed by atoms with van der Waals surface area (Å²) in [6.07, 6.45) is 4.74. The number of aromatic nitrogens is 3. The van der Waals surface area contributed by atoms with Crippen molar-refractivity contribution in [3.8, 4) is 0 Å². The van der Waals surface area contributed by atoms with Crippen LogP contribution in [0.3, 0.4) is 0 Å². The SMILES string of the molecule is CNCc1cncn1CCc1cscn1. The molecule has 80 valence electrons. The van der Waals surface area contributed by atoms with Gasteiger partial charge in [-0.1, -0.05) is 0 Å². The second-order valence-corrected chi connectivity index (χ2v) is 4.06. The van der Waals surface area contributed by atoms with E-state index in [0.29, 0.717) is 0 Å². The first-order valence-corrected chi connectivity index (χ1v) is 5.85. The van der Waals surface area contributed by atoms with Crippen LogP contribution in [0.15, 0.2) is 23.4 Å². The standard InChI is InChI=1S/C10H14N4S/c1-11-4-10-5-12-7-14(10)3-2-9-6-15-8-13-9/h5-8,11H,2-4H2,1H3. The summed E-state index contributed by atoms with van der Waals surface area (Å²) in [5, 5.41) is 5.22. The fourth-order valence-corrected chi connectivity index (χ4v) is 2.07. The van der Waals surface area contributed by atoms with E-state index in [4.69, 9.17) is 0 Å². The van der Waals surface area contributed by atoms with Crippen molar-refractivity contribution in [2.24, 2.45) is 0 Å². The molecule has 0 aliphatic rings. The summed E-state index contributed by atoms with van der Waals surface area (Å²) in [7, 11) is 1.94. The molecule has 2 heterocycles. The summed E-state index contributed by atoms with van der Waals surface area (Å²) >= 11 is 1.64. The predicted molar refractivity (Wildman–Crippen MR) is 60.8 cm³/mol. The Morgan fingerprint density at radius 2 is 2.47 bits per heavy atom. The molecule has 0 aromatic carbocycles. The highest BCUT2D eigenvalue weighted by Gasteiger charge is 2.01. The van der Waals surface area contributed by atoms with Crippen LogP contribution in [0.25, 0.3) is 0 Å². The number of hydrogen-bond acceptors (Lipinski definition) is 4. The summed E-state index contributed by atoms with van der Waals surface area (Å²) in [5.74, 6) is 0. The van der Waals surface area contributed by atoms with Gasteiger partial charge in [-0.15, -0.1) is 11.3 Å². The van der Waals surface area contributed by atoms with Crippen LogP contribution in [0.5, 0.6) is 0 Å². The Labute approximate surface area is 93.0 Å². The van der Waals surface area contributed by atoms with Crippen LogP contribution in [0.2, 0.25) is 0 Å². The van der Waals surface area contributed by atoms with Gasteiger partial charge in [0.25, 0.3) is 0 Å². The normalized spacial score (nSPS) is 10.7. The van der Waals surface area contributed by atoms with Gasteiger partial charge in [-0.3, -0.25) is 0 Å². The van der Waals surface area contributed by atoms with E-state index in [2.05, 4.69) is 25.2 Å². The molecular weight excluding hydrogens is 208 g/mol. The number of nitrogens with zero attached hydrogens (tertiary/aromatic N) is 3. The van der Waals surface area contributed by atoms with Crippen molar-refractivity contribution in [2.45, 2.75) is 19.5 Å². The zero-order chi connectivity index (χ0) is 10.5. The van der Waals surface area contributed by atoms with Crippen molar-refractivity contribution in [2.75, 3.05) is 7.05 Å². The summed E-state index contributed by atoms with van der Waals surface area (Å²) in [5.41, 5.74) is 4.24. The third-order valence-corrected chi connectivity index (χ3v) is 2.88. The summed E-state index contributed by atoms with van der Waals surface area (Å²) in [4.78, 5) is 8.41. The molecule has 0 atom stereocenters. The fourth-order valence-electron chi connectivity index (χ4n) is 1.47. The summed E-state index contributed by atoms with van der Waals surface area (Å²) in [6.45, 7) is 1.80. The molecular formula is C10H14N4S. The van der Waals surface area contributed by atoms with Gasteiger partial charge in [0.1, 0.15) is 0 Å². The zero-order valence-corrected chi connectivity index (χ0v) is 9.50. The molecule has 0 aliphatic carbocycles. The number of imidazole rings is 1. The molecule has 0 saturated carbocycles. The zero-order valence-electron chi connectivity index (χ0n) is 8.68. The molecule has 1 N–H and O–H groups in total. The molecule has 5 heteroatoms.